The predicted molar refractivity (Wildman–Crippen MR) is 116 cm³/mol. The molecule has 2 aromatic heterocycles. The van der Waals surface area contributed by atoms with Crippen molar-refractivity contribution in [3.05, 3.63) is 41.4 Å². The summed E-state index contributed by atoms with van der Waals surface area (Å²) in [5.41, 5.74) is 4.75. The zero-order chi connectivity index (χ0) is 24.2. The van der Waals surface area contributed by atoms with Crippen molar-refractivity contribution >= 4 is 16.8 Å². The first-order chi connectivity index (χ1) is 15.4. The topological polar surface area (TPSA) is 103 Å². The molecule has 1 amide bonds. The second kappa shape index (κ2) is 7.72. The second-order valence-corrected chi connectivity index (χ2v) is 9.19. The number of fused-ring (bicyclic) bond motifs is 1. The average Bonchev–Trinajstić information content (AvgIpc) is 3.41. The molecule has 10 heteroatoms. The predicted octanol–water partition coefficient (Wildman–Crippen LogP) is 4.68. The highest BCUT2D eigenvalue weighted by molar-refractivity contribution is 5.98. The molecule has 0 aliphatic heterocycles. The highest BCUT2D eigenvalue weighted by atomic mass is 19.4. The van der Waals surface area contributed by atoms with E-state index in [4.69, 9.17) is 14.9 Å². The Morgan fingerprint density at radius 2 is 1.88 bits per heavy atom. The minimum atomic E-state index is -4.61. The van der Waals surface area contributed by atoms with E-state index in [1.165, 1.54) is 19.2 Å². The van der Waals surface area contributed by atoms with E-state index in [0.29, 0.717) is 10.9 Å². The third-order valence-corrected chi connectivity index (χ3v) is 6.20. The number of carbonyl (C=O) groups excluding carboxylic acids is 1. The summed E-state index contributed by atoms with van der Waals surface area (Å²) in [4.78, 5) is 21.2. The number of carbonyl (C=O) groups is 1. The number of nitrogens with one attached hydrogen (secondary N) is 1. The van der Waals surface area contributed by atoms with Gasteiger partial charge in [0.2, 0.25) is 5.89 Å². The van der Waals surface area contributed by atoms with Crippen molar-refractivity contribution in [2.75, 3.05) is 7.11 Å². The highest BCUT2D eigenvalue weighted by Gasteiger charge is 2.53. The lowest BCUT2D eigenvalue weighted by molar-refractivity contribution is -0.140. The maximum absolute atomic E-state index is 13.2. The molecule has 7 nitrogen and oxygen atoms in total. The summed E-state index contributed by atoms with van der Waals surface area (Å²) in [5.74, 6) is 0.0314. The molecule has 4 rings (SSSR count). The number of ether oxygens (including phenoxy) is 1. The average molecular weight is 462 g/mol. The number of benzene rings is 1. The van der Waals surface area contributed by atoms with Crippen LogP contribution in [0.4, 0.5) is 13.2 Å². The van der Waals surface area contributed by atoms with Gasteiger partial charge >= 0.3 is 6.18 Å². The Morgan fingerprint density at radius 3 is 2.42 bits per heavy atom. The number of rotatable bonds is 5. The monoisotopic (exact) mass is 462 g/mol. The molecule has 3 aromatic rings. The first-order valence-corrected chi connectivity index (χ1v) is 10.5. The normalized spacial score (nSPS) is 15.5. The number of aromatic nitrogens is 2. The van der Waals surface area contributed by atoms with Crippen molar-refractivity contribution in [2.24, 2.45) is 11.1 Å². The number of nitrogens with zero attached hydrogens (tertiary/aromatic N) is 2. The Morgan fingerprint density at radius 1 is 1.18 bits per heavy atom. The van der Waals surface area contributed by atoms with E-state index < -0.39 is 17.8 Å². The maximum Gasteiger partial charge on any atom is 0.433 e. The van der Waals surface area contributed by atoms with Gasteiger partial charge in [-0.1, -0.05) is 20.8 Å². The molecule has 1 saturated carbocycles. The van der Waals surface area contributed by atoms with Gasteiger partial charge < -0.3 is 20.2 Å². The van der Waals surface area contributed by atoms with E-state index in [0.717, 1.165) is 18.9 Å². The van der Waals surface area contributed by atoms with E-state index >= 15 is 0 Å². The minimum absolute atomic E-state index is 0.00740. The highest BCUT2D eigenvalue weighted by Crippen LogP contribution is 2.49. The molecule has 0 radical (unpaired) electrons. The van der Waals surface area contributed by atoms with Crippen LogP contribution in [0, 0.1) is 5.41 Å². The molecule has 3 N–H and O–H groups in total. The number of pyridine rings is 1. The van der Waals surface area contributed by atoms with Crippen molar-refractivity contribution in [3.63, 3.8) is 0 Å². The van der Waals surface area contributed by atoms with Gasteiger partial charge in [0.25, 0.3) is 5.91 Å². The summed E-state index contributed by atoms with van der Waals surface area (Å²) in [6.07, 6.45) is -2.88. The minimum Gasteiger partial charge on any atom is -0.494 e. The molecule has 0 saturated heterocycles. The van der Waals surface area contributed by atoms with Crippen LogP contribution in [-0.4, -0.2) is 28.5 Å². The maximum atomic E-state index is 13.2. The third-order valence-electron chi connectivity index (χ3n) is 6.20. The fraction of sp³-hybridized carbons (Fsp3) is 0.435. The molecular formula is C23H25F3N4O3. The molecule has 33 heavy (non-hydrogen) atoms. The molecule has 1 aliphatic carbocycles. The lowest BCUT2D eigenvalue weighted by Gasteiger charge is -2.31. The van der Waals surface area contributed by atoms with Crippen LogP contribution in [0.5, 0.6) is 5.75 Å². The first-order valence-electron chi connectivity index (χ1n) is 10.5. The van der Waals surface area contributed by atoms with Gasteiger partial charge in [0.15, 0.2) is 11.5 Å². The van der Waals surface area contributed by atoms with Crippen molar-refractivity contribution < 1.29 is 27.1 Å². The van der Waals surface area contributed by atoms with Gasteiger partial charge in [0.05, 0.1) is 13.7 Å². The number of amides is 1. The van der Waals surface area contributed by atoms with Gasteiger partial charge in [-0.05, 0) is 42.5 Å². The van der Waals surface area contributed by atoms with E-state index in [1.807, 2.05) is 0 Å². The number of nitrogens with two attached hydrogens (primary N) is 1. The molecule has 0 bridgehead atoms. The Kier molecular flexibility index (Phi) is 5.39. The quantitative estimate of drug-likeness (QED) is 0.571. The van der Waals surface area contributed by atoms with Crippen LogP contribution in [0.3, 0.4) is 0 Å². The molecule has 1 fully saturated rings. The molecule has 0 atom stereocenters. The number of methoxy groups -OCH3 is 1. The van der Waals surface area contributed by atoms with Crippen LogP contribution in [-0.2, 0) is 12.7 Å². The Bertz CT molecular complexity index is 1220. The lowest BCUT2D eigenvalue weighted by atomic mass is 9.84. The van der Waals surface area contributed by atoms with E-state index in [9.17, 15) is 18.0 Å². The Hall–Kier alpha value is -3.14. The summed E-state index contributed by atoms with van der Waals surface area (Å²) in [7, 11) is 1.35. The molecule has 176 valence electrons. The van der Waals surface area contributed by atoms with Gasteiger partial charge in [-0.3, -0.25) is 4.79 Å². The number of alkyl halides is 3. The second-order valence-electron chi connectivity index (χ2n) is 9.19. The molecule has 1 aliphatic rings. The fourth-order valence-electron chi connectivity index (χ4n) is 3.95. The van der Waals surface area contributed by atoms with Crippen LogP contribution in [0.1, 0.15) is 55.6 Å². The summed E-state index contributed by atoms with van der Waals surface area (Å²) < 4.78 is 50.6. The van der Waals surface area contributed by atoms with Crippen LogP contribution < -0.4 is 15.8 Å². The molecule has 0 spiro atoms. The number of hydrogen-bond acceptors (Lipinski definition) is 6. The number of hydrogen-bond donors (Lipinski definition) is 2. The smallest absolute Gasteiger partial charge is 0.433 e. The van der Waals surface area contributed by atoms with Crippen LogP contribution in [0.25, 0.3) is 22.4 Å². The summed E-state index contributed by atoms with van der Waals surface area (Å²) in [6, 6.07) is 5.25. The van der Waals surface area contributed by atoms with Gasteiger partial charge in [-0.25, -0.2) is 9.97 Å². The van der Waals surface area contributed by atoms with Crippen molar-refractivity contribution in [1.82, 2.24) is 15.3 Å². The van der Waals surface area contributed by atoms with Crippen molar-refractivity contribution in [3.8, 4) is 17.2 Å². The third kappa shape index (κ3) is 4.03. The van der Waals surface area contributed by atoms with Gasteiger partial charge in [0.1, 0.15) is 17.0 Å². The van der Waals surface area contributed by atoms with Gasteiger partial charge in [-0.15, -0.1) is 0 Å². The number of halogens is 3. The fourth-order valence-corrected chi connectivity index (χ4v) is 3.95. The van der Waals surface area contributed by atoms with Gasteiger partial charge in [-0.2, -0.15) is 13.2 Å². The molecule has 0 unspecified atom stereocenters. The Balaban J connectivity index is 1.78. The first kappa shape index (κ1) is 23.0. The summed E-state index contributed by atoms with van der Waals surface area (Å²) >= 11 is 0. The SMILES string of the molecule is COc1ccc(-c2nc(C(=O)NC3(C(C)(C)C)CC3)c(CN)o2)c2ccc(C(F)(F)F)nc12. The lowest BCUT2D eigenvalue weighted by Crippen LogP contribution is -2.46. The van der Waals surface area contributed by atoms with Crippen molar-refractivity contribution in [1.29, 1.82) is 0 Å². The van der Waals surface area contributed by atoms with Crippen LogP contribution in [0.2, 0.25) is 0 Å². The molecular weight excluding hydrogens is 437 g/mol. The van der Waals surface area contributed by atoms with Crippen LogP contribution in [0.15, 0.2) is 28.7 Å². The zero-order valence-corrected chi connectivity index (χ0v) is 18.8. The van der Waals surface area contributed by atoms with E-state index in [2.05, 4.69) is 36.1 Å². The van der Waals surface area contributed by atoms with E-state index in [1.54, 1.807) is 6.07 Å². The Labute approximate surface area is 188 Å². The van der Waals surface area contributed by atoms with Crippen molar-refractivity contribution in [2.45, 2.75) is 51.9 Å². The van der Waals surface area contributed by atoms with E-state index in [-0.39, 0.29) is 46.1 Å². The zero-order valence-electron chi connectivity index (χ0n) is 18.8. The van der Waals surface area contributed by atoms with Crippen LogP contribution >= 0.6 is 0 Å². The largest absolute Gasteiger partial charge is 0.494 e. The van der Waals surface area contributed by atoms with Gasteiger partial charge in [0, 0.05) is 16.5 Å². The summed E-state index contributed by atoms with van der Waals surface area (Å²) in [5, 5.41) is 3.41. The molecule has 2 heterocycles. The standard InChI is InChI=1S/C23H25F3N4O3/c1-21(2,3)22(9-10-22)30-19(31)18-15(11-27)33-20(29-18)13-5-7-14(32-4)17-12(13)6-8-16(28-17)23(24,25)26/h5-8H,9-11,27H2,1-4H3,(H,30,31). The summed E-state index contributed by atoms with van der Waals surface area (Å²) in [6.45, 7) is 6.11. The number of oxazole rings is 1. The molecule has 1 aromatic carbocycles.